The molecular formula is C16H20FNO2. The third-order valence-electron chi connectivity index (χ3n) is 4.76. The van der Waals surface area contributed by atoms with Gasteiger partial charge in [-0.05, 0) is 37.7 Å². The highest BCUT2D eigenvalue weighted by Crippen LogP contribution is 2.40. The largest absolute Gasteiger partial charge is 0.481 e. The van der Waals surface area contributed by atoms with Crippen molar-refractivity contribution in [2.75, 3.05) is 0 Å². The molecule has 1 aromatic carbocycles. The van der Waals surface area contributed by atoms with Crippen LogP contribution in [0.15, 0.2) is 24.3 Å². The fourth-order valence-electron chi connectivity index (χ4n) is 3.88. The van der Waals surface area contributed by atoms with Gasteiger partial charge in [-0.25, -0.2) is 4.39 Å². The van der Waals surface area contributed by atoms with Gasteiger partial charge in [-0.15, -0.1) is 0 Å². The molecule has 2 saturated heterocycles. The number of carbonyl (C=O) groups is 1. The molecule has 2 unspecified atom stereocenters. The van der Waals surface area contributed by atoms with E-state index in [-0.39, 0.29) is 12.2 Å². The summed E-state index contributed by atoms with van der Waals surface area (Å²) in [7, 11) is 0. The van der Waals surface area contributed by atoms with E-state index in [4.69, 9.17) is 5.11 Å². The molecule has 2 atom stereocenters. The molecular weight excluding hydrogens is 257 g/mol. The molecule has 2 aliphatic heterocycles. The molecule has 2 aliphatic rings. The monoisotopic (exact) mass is 277 g/mol. The van der Waals surface area contributed by atoms with Gasteiger partial charge in [-0.1, -0.05) is 18.2 Å². The summed E-state index contributed by atoms with van der Waals surface area (Å²) in [6.07, 6.45) is 4.40. The van der Waals surface area contributed by atoms with E-state index in [9.17, 15) is 9.18 Å². The first-order valence-electron chi connectivity index (χ1n) is 7.34. The summed E-state index contributed by atoms with van der Waals surface area (Å²) < 4.78 is 13.8. The minimum atomic E-state index is -0.697. The maximum absolute atomic E-state index is 13.8. The average molecular weight is 277 g/mol. The summed E-state index contributed by atoms with van der Waals surface area (Å²) in [5.41, 5.74) is 0.751. The fraction of sp³-hybridized carbons (Fsp3) is 0.562. The maximum atomic E-state index is 13.8. The van der Waals surface area contributed by atoms with Gasteiger partial charge in [0.15, 0.2) is 0 Å². The fourth-order valence-corrected chi connectivity index (χ4v) is 3.88. The summed E-state index contributed by atoms with van der Waals surface area (Å²) in [6.45, 7) is 0.655. The van der Waals surface area contributed by atoms with E-state index in [0.717, 1.165) is 31.2 Å². The zero-order chi connectivity index (χ0) is 14.1. The number of aliphatic carboxylic acids is 1. The number of benzene rings is 1. The van der Waals surface area contributed by atoms with Crippen molar-refractivity contribution in [1.82, 2.24) is 4.90 Å². The summed E-state index contributed by atoms with van der Waals surface area (Å²) in [4.78, 5) is 13.2. The quantitative estimate of drug-likeness (QED) is 0.919. The minimum absolute atomic E-state index is 0.139. The van der Waals surface area contributed by atoms with E-state index in [1.165, 1.54) is 6.07 Å². The lowest BCUT2D eigenvalue weighted by atomic mass is 9.88. The molecule has 0 aliphatic carbocycles. The van der Waals surface area contributed by atoms with Crippen LogP contribution < -0.4 is 0 Å². The molecule has 0 amide bonds. The Bertz CT molecular complexity index is 491. The molecule has 4 heteroatoms. The second kappa shape index (κ2) is 5.52. The van der Waals surface area contributed by atoms with Crippen molar-refractivity contribution in [3.05, 3.63) is 35.6 Å². The van der Waals surface area contributed by atoms with Gasteiger partial charge in [-0.3, -0.25) is 9.69 Å². The molecule has 0 radical (unpaired) electrons. The molecule has 2 fully saturated rings. The number of fused-ring (bicyclic) bond motifs is 2. The first-order chi connectivity index (χ1) is 9.63. The molecule has 0 saturated carbocycles. The molecule has 0 aromatic heterocycles. The molecule has 3 rings (SSSR count). The van der Waals surface area contributed by atoms with Crippen molar-refractivity contribution in [3.8, 4) is 0 Å². The Morgan fingerprint density at radius 2 is 1.90 bits per heavy atom. The molecule has 0 spiro atoms. The van der Waals surface area contributed by atoms with E-state index in [1.807, 2.05) is 12.1 Å². The zero-order valence-corrected chi connectivity index (χ0v) is 11.5. The summed E-state index contributed by atoms with van der Waals surface area (Å²) in [5, 5.41) is 8.93. The lowest BCUT2D eigenvalue weighted by Gasteiger charge is -2.38. The van der Waals surface area contributed by atoms with Gasteiger partial charge in [0.1, 0.15) is 5.82 Å². The first kappa shape index (κ1) is 13.6. The zero-order valence-electron chi connectivity index (χ0n) is 11.5. The van der Waals surface area contributed by atoms with Gasteiger partial charge in [0.2, 0.25) is 0 Å². The van der Waals surface area contributed by atoms with Gasteiger partial charge < -0.3 is 5.11 Å². The number of hydrogen-bond acceptors (Lipinski definition) is 2. The highest BCUT2D eigenvalue weighted by Gasteiger charge is 2.41. The smallest absolute Gasteiger partial charge is 0.303 e. The number of halogens is 1. The summed E-state index contributed by atoms with van der Waals surface area (Å²) in [5.74, 6) is -0.543. The highest BCUT2D eigenvalue weighted by atomic mass is 19.1. The lowest BCUT2D eigenvalue weighted by Crippen LogP contribution is -2.42. The molecule has 1 N–H and O–H groups in total. The second-order valence-corrected chi connectivity index (χ2v) is 6.08. The number of piperidine rings is 1. The van der Waals surface area contributed by atoms with E-state index in [1.54, 1.807) is 6.07 Å². The highest BCUT2D eigenvalue weighted by molar-refractivity contribution is 5.67. The van der Waals surface area contributed by atoms with Crippen LogP contribution >= 0.6 is 0 Å². The van der Waals surface area contributed by atoms with Gasteiger partial charge in [0.25, 0.3) is 0 Å². The van der Waals surface area contributed by atoms with Gasteiger partial charge in [0, 0.05) is 30.6 Å². The molecule has 2 heterocycles. The predicted molar refractivity (Wildman–Crippen MR) is 73.7 cm³/mol. The van der Waals surface area contributed by atoms with Crippen molar-refractivity contribution in [2.24, 2.45) is 5.92 Å². The maximum Gasteiger partial charge on any atom is 0.303 e. The van der Waals surface area contributed by atoms with Crippen LogP contribution in [0, 0.1) is 11.7 Å². The molecule has 1 aromatic rings. The minimum Gasteiger partial charge on any atom is -0.481 e. The van der Waals surface area contributed by atoms with E-state index < -0.39 is 5.97 Å². The van der Waals surface area contributed by atoms with Crippen LogP contribution in [0.25, 0.3) is 0 Å². The van der Waals surface area contributed by atoms with Crippen LogP contribution in [0.3, 0.4) is 0 Å². The van der Waals surface area contributed by atoms with Crippen molar-refractivity contribution < 1.29 is 14.3 Å². The number of rotatable bonds is 4. The molecule has 3 nitrogen and oxygen atoms in total. The second-order valence-electron chi connectivity index (χ2n) is 6.08. The van der Waals surface area contributed by atoms with Crippen molar-refractivity contribution in [3.63, 3.8) is 0 Å². The van der Waals surface area contributed by atoms with Crippen LogP contribution in [0.1, 0.15) is 37.7 Å². The van der Waals surface area contributed by atoms with Gasteiger partial charge >= 0.3 is 5.97 Å². The number of hydrogen-bond donors (Lipinski definition) is 1. The van der Waals surface area contributed by atoms with Crippen molar-refractivity contribution >= 4 is 5.97 Å². The molecule has 20 heavy (non-hydrogen) atoms. The lowest BCUT2D eigenvalue weighted by molar-refractivity contribution is -0.138. The SMILES string of the molecule is O=C(O)CC1CC2CCC(C1)N2Cc1ccccc1F. The predicted octanol–water partition coefficient (Wildman–Crippen LogP) is 3.04. The van der Waals surface area contributed by atoms with Gasteiger partial charge in [0.05, 0.1) is 0 Å². The van der Waals surface area contributed by atoms with Crippen molar-refractivity contribution in [2.45, 2.75) is 50.7 Å². The number of carboxylic acids is 1. The average Bonchev–Trinajstić information content (AvgIpc) is 2.63. The topological polar surface area (TPSA) is 40.5 Å². The third kappa shape index (κ3) is 2.70. The standard InChI is InChI=1S/C16H20FNO2/c17-15-4-2-1-3-12(15)10-18-13-5-6-14(18)8-11(7-13)9-16(19)20/h1-4,11,13-14H,5-10H2,(H,19,20). The van der Waals surface area contributed by atoms with Crippen LogP contribution in [0.2, 0.25) is 0 Å². The van der Waals surface area contributed by atoms with E-state index >= 15 is 0 Å². The first-order valence-corrected chi connectivity index (χ1v) is 7.34. The molecule has 2 bridgehead atoms. The van der Waals surface area contributed by atoms with Gasteiger partial charge in [-0.2, -0.15) is 0 Å². The van der Waals surface area contributed by atoms with E-state index in [0.29, 0.717) is 24.5 Å². The normalized spacial score (nSPS) is 29.6. The number of nitrogens with zero attached hydrogens (tertiary/aromatic N) is 1. The van der Waals surface area contributed by atoms with Crippen LogP contribution in [0.5, 0.6) is 0 Å². The third-order valence-corrected chi connectivity index (χ3v) is 4.76. The van der Waals surface area contributed by atoms with Crippen LogP contribution in [-0.4, -0.2) is 28.1 Å². The molecule has 108 valence electrons. The summed E-state index contributed by atoms with van der Waals surface area (Å²) in [6, 6.07) is 7.80. The number of carboxylic acid groups (broad SMARTS) is 1. The van der Waals surface area contributed by atoms with Crippen LogP contribution in [0.4, 0.5) is 4.39 Å². The summed E-state index contributed by atoms with van der Waals surface area (Å²) >= 11 is 0. The Morgan fingerprint density at radius 1 is 1.25 bits per heavy atom. The Labute approximate surface area is 118 Å². The van der Waals surface area contributed by atoms with E-state index in [2.05, 4.69) is 4.90 Å². The Morgan fingerprint density at radius 3 is 2.50 bits per heavy atom. The van der Waals surface area contributed by atoms with Crippen LogP contribution in [-0.2, 0) is 11.3 Å². The Kier molecular flexibility index (Phi) is 3.74. The Balaban J connectivity index is 1.68. The Hall–Kier alpha value is -1.42. The van der Waals surface area contributed by atoms with Crippen molar-refractivity contribution in [1.29, 1.82) is 0 Å².